The second kappa shape index (κ2) is 6.97. The van der Waals surface area contributed by atoms with Crippen LogP contribution in [0.4, 0.5) is 4.39 Å². The lowest BCUT2D eigenvalue weighted by Crippen LogP contribution is -2.24. The van der Waals surface area contributed by atoms with Crippen LogP contribution in [0.3, 0.4) is 0 Å². The van der Waals surface area contributed by atoms with E-state index in [1.54, 1.807) is 12.1 Å². The molecule has 0 amide bonds. The highest BCUT2D eigenvalue weighted by molar-refractivity contribution is 9.10. The van der Waals surface area contributed by atoms with E-state index < -0.39 is 6.10 Å². The minimum atomic E-state index is -0.645. The average molecular weight is 338 g/mol. The molecular formula is C16H17BrFNO. The first-order chi connectivity index (χ1) is 9.56. The van der Waals surface area contributed by atoms with E-state index in [-0.39, 0.29) is 11.9 Å². The Morgan fingerprint density at radius 3 is 2.20 bits per heavy atom. The van der Waals surface area contributed by atoms with Crippen molar-refractivity contribution in [2.75, 3.05) is 6.54 Å². The number of hydrogen-bond acceptors (Lipinski definition) is 2. The molecule has 4 heteroatoms. The van der Waals surface area contributed by atoms with Gasteiger partial charge in [-0.3, -0.25) is 0 Å². The zero-order valence-corrected chi connectivity index (χ0v) is 12.8. The average Bonchev–Trinajstić information content (AvgIpc) is 2.46. The summed E-state index contributed by atoms with van der Waals surface area (Å²) in [4.78, 5) is 0. The van der Waals surface area contributed by atoms with Gasteiger partial charge in [-0.15, -0.1) is 0 Å². The third-order valence-electron chi connectivity index (χ3n) is 3.24. The fourth-order valence-electron chi connectivity index (χ4n) is 1.96. The summed E-state index contributed by atoms with van der Waals surface area (Å²) in [7, 11) is 0. The summed E-state index contributed by atoms with van der Waals surface area (Å²) in [6.45, 7) is 2.46. The standard InChI is InChI=1S/C16H17BrFNO/c1-11(12-2-6-14(17)7-3-12)19-10-16(20)13-4-8-15(18)9-5-13/h2-9,11,16,19-20H,10H2,1H3. The van der Waals surface area contributed by atoms with Gasteiger partial charge >= 0.3 is 0 Å². The van der Waals surface area contributed by atoms with Crippen LogP contribution in [0.15, 0.2) is 53.0 Å². The molecule has 0 saturated carbocycles. The molecular weight excluding hydrogens is 321 g/mol. The molecule has 2 unspecified atom stereocenters. The van der Waals surface area contributed by atoms with E-state index in [9.17, 15) is 9.50 Å². The van der Waals surface area contributed by atoms with E-state index in [1.165, 1.54) is 12.1 Å². The van der Waals surface area contributed by atoms with E-state index in [2.05, 4.69) is 21.2 Å². The Morgan fingerprint density at radius 1 is 1.05 bits per heavy atom. The lowest BCUT2D eigenvalue weighted by molar-refractivity contribution is 0.170. The Hall–Kier alpha value is -1.23. The molecule has 2 aromatic carbocycles. The number of halogens is 2. The van der Waals surface area contributed by atoms with Gasteiger partial charge in [-0.2, -0.15) is 0 Å². The fourth-order valence-corrected chi connectivity index (χ4v) is 2.22. The van der Waals surface area contributed by atoms with Gasteiger partial charge in [0.2, 0.25) is 0 Å². The van der Waals surface area contributed by atoms with Gasteiger partial charge in [0.1, 0.15) is 5.82 Å². The summed E-state index contributed by atoms with van der Waals surface area (Å²) in [5.74, 6) is -0.294. The zero-order valence-electron chi connectivity index (χ0n) is 11.2. The lowest BCUT2D eigenvalue weighted by atomic mass is 10.1. The molecule has 0 aliphatic rings. The Balaban J connectivity index is 1.91. The number of nitrogens with one attached hydrogen (secondary N) is 1. The van der Waals surface area contributed by atoms with Crippen molar-refractivity contribution in [1.29, 1.82) is 0 Å². The number of aliphatic hydroxyl groups excluding tert-OH is 1. The van der Waals surface area contributed by atoms with E-state index >= 15 is 0 Å². The summed E-state index contributed by atoms with van der Waals surface area (Å²) < 4.78 is 13.9. The van der Waals surface area contributed by atoms with Crippen molar-refractivity contribution in [1.82, 2.24) is 5.32 Å². The molecule has 0 heterocycles. The van der Waals surface area contributed by atoms with Crippen molar-refractivity contribution < 1.29 is 9.50 Å². The van der Waals surface area contributed by atoms with E-state index in [0.717, 1.165) is 10.0 Å². The quantitative estimate of drug-likeness (QED) is 0.865. The molecule has 2 N–H and O–H groups in total. The van der Waals surface area contributed by atoms with Crippen molar-refractivity contribution >= 4 is 15.9 Å². The molecule has 20 heavy (non-hydrogen) atoms. The van der Waals surface area contributed by atoms with Crippen LogP contribution in [0.1, 0.15) is 30.2 Å². The lowest BCUT2D eigenvalue weighted by Gasteiger charge is -2.18. The molecule has 0 aromatic heterocycles. The maximum absolute atomic E-state index is 12.8. The molecule has 0 aliphatic carbocycles. The SMILES string of the molecule is CC(NCC(O)c1ccc(F)cc1)c1ccc(Br)cc1. The van der Waals surface area contributed by atoms with Gasteiger partial charge in [0.15, 0.2) is 0 Å². The Kier molecular flexibility index (Phi) is 5.29. The predicted octanol–water partition coefficient (Wildman–Crippen LogP) is 3.97. The van der Waals surface area contributed by atoms with E-state index in [4.69, 9.17) is 0 Å². The van der Waals surface area contributed by atoms with Gasteiger partial charge in [0.25, 0.3) is 0 Å². The van der Waals surface area contributed by atoms with E-state index in [1.807, 2.05) is 31.2 Å². The normalized spacial score (nSPS) is 14.0. The Labute approximate surface area is 126 Å². The molecule has 2 atom stereocenters. The highest BCUT2D eigenvalue weighted by atomic mass is 79.9. The highest BCUT2D eigenvalue weighted by Crippen LogP contribution is 2.18. The van der Waals surface area contributed by atoms with Crippen LogP contribution in [0, 0.1) is 5.82 Å². The minimum Gasteiger partial charge on any atom is -0.387 e. The van der Waals surface area contributed by atoms with Crippen LogP contribution in [-0.2, 0) is 0 Å². The molecule has 0 spiro atoms. The first-order valence-electron chi connectivity index (χ1n) is 6.48. The van der Waals surface area contributed by atoms with Crippen molar-refractivity contribution in [2.45, 2.75) is 19.1 Å². The van der Waals surface area contributed by atoms with Crippen LogP contribution >= 0.6 is 15.9 Å². The second-order valence-corrected chi connectivity index (χ2v) is 5.66. The topological polar surface area (TPSA) is 32.3 Å². The van der Waals surface area contributed by atoms with Gasteiger partial charge < -0.3 is 10.4 Å². The maximum atomic E-state index is 12.8. The zero-order chi connectivity index (χ0) is 14.5. The van der Waals surface area contributed by atoms with Crippen molar-refractivity contribution in [3.05, 3.63) is 69.9 Å². The maximum Gasteiger partial charge on any atom is 0.123 e. The third kappa shape index (κ3) is 4.13. The van der Waals surface area contributed by atoms with E-state index in [0.29, 0.717) is 12.1 Å². The highest BCUT2D eigenvalue weighted by Gasteiger charge is 2.10. The summed E-state index contributed by atoms with van der Waals surface area (Å²) >= 11 is 3.40. The Morgan fingerprint density at radius 2 is 1.60 bits per heavy atom. The number of hydrogen-bond donors (Lipinski definition) is 2. The molecule has 2 nitrogen and oxygen atoms in total. The summed E-state index contributed by atoms with van der Waals surface area (Å²) in [5, 5.41) is 13.3. The third-order valence-corrected chi connectivity index (χ3v) is 3.77. The first-order valence-corrected chi connectivity index (χ1v) is 7.28. The minimum absolute atomic E-state index is 0.137. The van der Waals surface area contributed by atoms with Gasteiger partial charge in [-0.1, -0.05) is 40.2 Å². The summed E-state index contributed by atoms with van der Waals surface area (Å²) in [5.41, 5.74) is 1.86. The molecule has 0 radical (unpaired) electrons. The summed E-state index contributed by atoms with van der Waals surface area (Å²) in [6, 6.07) is 14.1. The van der Waals surface area contributed by atoms with Crippen LogP contribution in [0.5, 0.6) is 0 Å². The number of aliphatic hydroxyl groups is 1. The predicted molar refractivity (Wildman–Crippen MR) is 81.9 cm³/mol. The molecule has 2 aromatic rings. The van der Waals surface area contributed by atoms with Crippen LogP contribution < -0.4 is 5.32 Å². The summed E-state index contributed by atoms with van der Waals surface area (Å²) in [6.07, 6.45) is -0.645. The smallest absolute Gasteiger partial charge is 0.123 e. The van der Waals surface area contributed by atoms with Crippen LogP contribution in [0.2, 0.25) is 0 Å². The van der Waals surface area contributed by atoms with Crippen molar-refractivity contribution in [3.63, 3.8) is 0 Å². The van der Waals surface area contributed by atoms with Crippen LogP contribution in [0.25, 0.3) is 0 Å². The van der Waals surface area contributed by atoms with Crippen molar-refractivity contribution in [3.8, 4) is 0 Å². The van der Waals surface area contributed by atoms with Gasteiger partial charge in [0.05, 0.1) is 6.10 Å². The molecule has 0 aliphatic heterocycles. The molecule has 0 bridgehead atoms. The Bertz CT molecular complexity index is 490. The number of rotatable bonds is 5. The monoisotopic (exact) mass is 337 g/mol. The molecule has 2 rings (SSSR count). The van der Waals surface area contributed by atoms with Gasteiger partial charge in [-0.25, -0.2) is 4.39 Å². The van der Waals surface area contributed by atoms with Crippen LogP contribution in [-0.4, -0.2) is 11.7 Å². The van der Waals surface area contributed by atoms with Gasteiger partial charge in [-0.05, 0) is 42.3 Å². The fraction of sp³-hybridized carbons (Fsp3) is 0.250. The van der Waals surface area contributed by atoms with Crippen molar-refractivity contribution in [2.24, 2.45) is 0 Å². The van der Waals surface area contributed by atoms with Gasteiger partial charge in [0, 0.05) is 17.1 Å². The molecule has 0 saturated heterocycles. The molecule has 106 valence electrons. The number of benzene rings is 2. The molecule has 0 fully saturated rings. The second-order valence-electron chi connectivity index (χ2n) is 4.75. The largest absolute Gasteiger partial charge is 0.387 e. The first kappa shape index (κ1) is 15.2.